The standard InChI is InChI=1S/C21H18ClF3N4O4S/c22-16-9-15(3-4-17(16)23)29(21(30)12-5-7-34(31,32)8-6-12)11-14-2-1-13(10-26-14)19-27-28-20(33-19)18(24)25/h1-4,9-10,12,18H,5-8,11H2. The summed E-state index contributed by atoms with van der Waals surface area (Å²) in [6.07, 6.45) is -1.19. The number of rotatable bonds is 6. The smallest absolute Gasteiger partial charge is 0.314 e. The van der Waals surface area contributed by atoms with Gasteiger partial charge in [0.25, 0.3) is 5.89 Å². The number of sulfone groups is 1. The minimum absolute atomic E-state index is 0.0174. The van der Waals surface area contributed by atoms with Crippen LogP contribution in [0, 0.1) is 11.7 Å². The largest absolute Gasteiger partial charge is 0.415 e. The van der Waals surface area contributed by atoms with Gasteiger partial charge in [-0.2, -0.15) is 8.78 Å². The summed E-state index contributed by atoms with van der Waals surface area (Å²) >= 11 is 5.92. The lowest BCUT2D eigenvalue weighted by atomic mass is 10.0. The Kier molecular flexibility index (Phi) is 6.89. The van der Waals surface area contributed by atoms with Gasteiger partial charge >= 0.3 is 6.43 Å². The van der Waals surface area contributed by atoms with E-state index in [0.717, 1.165) is 6.07 Å². The van der Waals surface area contributed by atoms with Gasteiger partial charge in [0.2, 0.25) is 11.8 Å². The minimum Gasteiger partial charge on any atom is -0.415 e. The van der Waals surface area contributed by atoms with E-state index in [-0.39, 0.29) is 47.7 Å². The second-order valence-electron chi connectivity index (χ2n) is 7.73. The highest BCUT2D eigenvalue weighted by atomic mass is 35.5. The maximum atomic E-state index is 13.7. The van der Waals surface area contributed by atoms with Crippen molar-refractivity contribution in [2.24, 2.45) is 5.92 Å². The summed E-state index contributed by atoms with van der Waals surface area (Å²) in [6, 6.07) is 6.93. The zero-order chi connectivity index (χ0) is 24.5. The average molecular weight is 515 g/mol. The summed E-state index contributed by atoms with van der Waals surface area (Å²) in [5.41, 5.74) is 1.06. The van der Waals surface area contributed by atoms with E-state index in [1.807, 2.05) is 0 Å². The third-order valence-corrected chi connectivity index (χ3v) is 7.41. The third-order valence-electron chi connectivity index (χ3n) is 5.40. The number of benzene rings is 1. The monoisotopic (exact) mass is 514 g/mol. The van der Waals surface area contributed by atoms with Crippen LogP contribution in [-0.2, 0) is 21.2 Å². The molecule has 1 fully saturated rings. The predicted molar refractivity (Wildman–Crippen MR) is 116 cm³/mol. The first kappa shape index (κ1) is 24.1. The number of hydrogen-bond acceptors (Lipinski definition) is 7. The highest BCUT2D eigenvalue weighted by molar-refractivity contribution is 7.91. The number of nitrogens with zero attached hydrogens (tertiary/aromatic N) is 4. The van der Waals surface area contributed by atoms with E-state index < -0.39 is 33.9 Å². The van der Waals surface area contributed by atoms with E-state index in [2.05, 4.69) is 15.2 Å². The fourth-order valence-corrected chi connectivity index (χ4v) is 5.22. The molecule has 2 aromatic heterocycles. The predicted octanol–water partition coefficient (Wildman–Crippen LogP) is 4.22. The molecule has 180 valence electrons. The summed E-state index contributed by atoms with van der Waals surface area (Å²) in [4.78, 5) is 19.0. The number of carbonyl (C=O) groups excluding carboxylic acids is 1. The maximum absolute atomic E-state index is 13.7. The van der Waals surface area contributed by atoms with Gasteiger partial charge in [-0.25, -0.2) is 12.8 Å². The Morgan fingerprint density at radius 1 is 1.18 bits per heavy atom. The van der Waals surface area contributed by atoms with Crippen molar-refractivity contribution in [2.75, 3.05) is 16.4 Å². The molecule has 0 aliphatic carbocycles. The second kappa shape index (κ2) is 9.71. The van der Waals surface area contributed by atoms with Crippen molar-refractivity contribution in [3.8, 4) is 11.5 Å². The number of amides is 1. The Hall–Kier alpha value is -2.99. The van der Waals surface area contributed by atoms with Gasteiger partial charge in [-0.15, -0.1) is 10.2 Å². The molecule has 1 aliphatic heterocycles. The first-order valence-corrected chi connectivity index (χ1v) is 12.4. The Balaban J connectivity index is 1.58. The molecular weight excluding hydrogens is 497 g/mol. The van der Waals surface area contributed by atoms with Crippen LogP contribution in [0.4, 0.5) is 18.9 Å². The molecule has 0 atom stereocenters. The number of pyridine rings is 1. The normalized spacial score (nSPS) is 16.0. The molecule has 0 radical (unpaired) electrons. The molecule has 0 unspecified atom stereocenters. The molecule has 0 N–H and O–H groups in total. The number of aromatic nitrogens is 3. The SMILES string of the molecule is O=C(C1CCS(=O)(=O)CC1)N(Cc1ccc(-c2nnc(C(F)F)o2)cn1)c1ccc(F)c(Cl)c1. The van der Waals surface area contributed by atoms with Gasteiger partial charge in [-0.05, 0) is 43.2 Å². The summed E-state index contributed by atoms with van der Waals surface area (Å²) < 4.78 is 67.5. The molecule has 0 bridgehead atoms. The molecule has 1 saturated heterocycles. The topological polar surface area (TPSA) is 106 Å². The first-order valence-electron chi connectivity index (χ1n) is 10.2. The molecule has 4 rings (SSSR count). The van der Waals surface area contributed by atoms with Crippen LogP contribution < -0.4 is 4.90 Å². The Morgan fingerprint density at radius 3 is 2.50 bits per heavy atom. The molecular formula is C21H18ClF3N4O4S. The molecule has 1 aliphatic rings. The first-order chi connectivity index (χ1) is 16.1. The summed E-state index contributed by atoms with van der Waals surface area (Å²) in [5.74, 6) is -2.61. The van der Waals surface area contributed by atoms with E-state index in [9.17, 15) is 26.4 Å². The molecule has 1 aromatic carbocycles. The average Bonchev–Trinajstić information content (AvgIpc) is 3.30. The lowest BCUT2D eigenvalue weighted by molar-refractivity contribution is -0.122. The molecule has 3 aromatic rings. The molecule has 0 spiro atoms. The van der Waals surface area contributed by atoms with Crippen molar-refractivity contribution < 1.29 is 30.8 Å². The third kappa shape index (κ3) is 5.39. The molecule has 8 nitrogen and oxygen atoms in total. The van der Waals surface area contributed by atoms with Crippen LogP contribution in [-0.4, -0.2) is 41.0 Å². The fraction of sp³-hybridized carbons (Fsp3) is 0.333. The fourth-order valence-electron chi connectivity index (χ4n) is 3.55. The number of hydrogen-bond donors (Lipinski definition) is 0. The van der Waals surface area contributed by atoms with Crippen molar-refractivity contribution in [1.29, 1.82) is 0 Å². The Morgan fingerprint density at radius 2 is 1.91 bits per heavy atom. The van der Waals surface area contributed by atoms with Crippen molar-refractivity contribution >= 4 is 33.0 Å². The van der Waals surface area contributed by atoms with E-state index >= 15 is 0 Å². The van der Waals surface area contributed by atoms with E-state index in [1.165, 1.54) is 29.3 Å². The van der Waals surface area contributed by atoms with Gasteiger partial charge in [-0.3, -0.25) is 9.78 Å². The van der Waals surface area contributed by atoms with Crippen LogP contribution in [0.2, 0.25) is 5.02 Å². The number of alkyl halides is 2. The van der Waals surface area contributed by atoms with Crippen LogP contribution >= 0.6 is 11.6 Å². The van der Waals surface area contributed by atoms with Gasteiger partial charge in [0.15, 0.2) is 0 Å². The quantitative estimate of drug-likeness (QED) is 0.485. The Labute approximate surface area is 197 Å². The van der Waals surface area contributed by atoms with Crippen molar-refractivity contribution in [1.82, 2.24) is 15.2 Å². The van der Waals surface area contributed by atoms with Crippen molar-refractivity contribution in [3.63, 3.8) is 0 Å². The second-order valence-corrected chi connectivity index (χ2v) is 10.4. The van der Waals surface area contributed by atoms with Crippen LogP contribution in [0.1, 0.15) is 30.9 Å². The highest BCUT2D eigenvalue weighted by Gasteiger charge is 2.32. The maximum Gasteiger partial charge on any atom is 0.314 e. The van der Waals surface area contributed by atoms with E-state index in [4.69, 9.17) is 16.0 Å². The Bertz CT molecular complexity index is 1290. The summed E-state index contributed by atoms with van der Waals surface area (Å²) in [6.45, 7) is -0.0174. The van der Waals surface area contributed by atoms with Crippen LogP contribution in [0.15, 0.2) is 40.9 Å². The molecule has 13 heteroatoms. The van der Waals surface area contributed by atoms with Gasteiger partial charge in [-0.1, -0.05) is 11.6 Å². The highest BCUT2D eigenvalue weighted by Crippen LogP contribution is 2.29. The number of carbonyl (C=O) groups is 1. The number of halogens is 4. The summed E-state index contributed by atoms with van der Waals surface area (Å²) in [5, 5.41) is 6.66. The molecule has 3 heterocycles. The van der Waals surface area contributed by atoms with Crippen LogP contribution in [0.25, 0.3) is 11.5 Å². The minimum atomic E-state index is -3.17. The van der Waals surface area contributed by atoms with Gasteiger partial charge in [0.1, 0.15) is 15.7 Å². The lowest BCUT2D eigenvalue weighted by Gasteiger charge is -2.29. The van der Waals surface area contributed by atoms with E-state index in [0.29, 0.717) is 16.9 Å². The van der Waals surface area contributed by atoms with Gasteiger partial charge in [0, 0.05) is 17.8 Å². The zero-order valence-electron chi connectivity index (χ0n) is 17.5. The van der Waals surface area contributed by atoms with Crippen LogP contribution in [0.5, 0.6) is 0 Å². The van der Waals surface area contributed by atoms with E-state index in [1.54, 1.807) is 6.07 Å². The zero-order valence-corrected chi connectivity index (χ0v) is 19.1. The summed E-state index contributed by atoms with van der Waals surface area (Å²) in [7, 11) is -3.17. The van der Waals surface area contributed by atoms with Gasteiger partial charge in [0.05, 0.1) is 34.3 Å². The van der Waals surface area contributed by atoms with Crippen LogP contribution in [0.3, 0.4) is 0 Å². The molecule has 1 amide bonds. The number of anilines is 1. The molecule has 0 saturated carbocycles. The van der Waals surface area contributed by atoms with Crippen molar-refractivity contribution in [3.05, 3.63) is 59.0 Å². The molecule has 34 heavy (non-hydrogen) atoms. The van der Waals surface area contributed by atoms with Crippen molar-refractivity contribution in [2.45, 2.75) is 25.8 Å². The lowest BCUT2D eigenvalue weighted by Crippen LogP contribution is -2.39. The van der Waals surface area contributed by atoms with Gasteiger partial charge < -0.3 is 9.32 Å².